The number of esters is 1. The van der Waals surface area contributed by atoms with E-state index in [0.29, 0.717) is 5.56 Å². The van der Waals surface area contributed by atoms with E-state index in [1.165, 1.54) is 12.8 Å². The minimum Gasteiger partial charge on any atom is -0.459 e. The van der Waals surface area contributed by atoms with Crippen LogP contribution in [0, 0.1) is 5.92 Å². The molecule has 20 heavy (non-hydrogen) atoms. The molecule has 0 radical (unpaired) electrons. The molecule has 1 atom stereocenters. The number of carbonyl (C=O) groups is 1. The van der Waals surface area contributed by atoms with Gasteiger partial charge in [-0.05, 0) is 49.4 Å². The van der Waals surface area contributed by atoms with Crippen molar-refractivity contribution in [3.05, 3.63) is 34.3 Å². The van der Waals surface area contributed by atoms with Crippen molar-refractivity contribution in [2.45, 2.75) is 59.0 Å². The maximum absolute atomic E-state index is 12.1. The molecule has 2 nitrogen and oxygen atoms in total. The van der Waals surface area contributed by atoms with Crippen molar-refractivity contribution in [2.75, 3.05) is 0 Å². The van der Waals surface area contributed by atoms with Crippen LogP contribution in [0.15, 0.2) is 28.7 Å². The number of halogens is 1. The van der Waals surface area contributed by atoms with E-state index in [1.807, 2.05) is 12.1 Å². The Labute approximate surface area is 131 Å². The molecule has 0 aromatic heterocycles. The number of hydrogen-bond acceptors (Lipinski definition) is 2. The molecule has 0 aliphatic rings. The summed E-state index contributed by atoms with van der Waals surface area (Å²) >= 11 is 3.36. The van der Waals surface area contributed by atoms with E-state index in [1.54, 1.807) is 12.1 Å². The highest BCUT2D eigenvalue weighted by molar-refractivity contribution is 9.10. The first-order valence-corrected chi connectivity index (χ1v) is 8.36. The number of carbonyl (C=O) groups excluding carboxylic acids is 1. The van der Waals surface area contributed by atoms with E-state index in [2.05, 4.69) is 36.7 Å². The van der Waals surface area contributed by atoms with Crippen LogP contribution in [0.3, 0.4) is 0 Å². The summed E-state index contributed by atoms with van der Waals surface area (Å²) in [5.74, 6) is 0.532. The fourth-order valence-corrected chi connectivity index (χ4v) is 2.53. The summed E-state index contributed by atoms with van der Waals surface area (Å²) in [6.45, 7) is 6.53. The number of rotatable bonds is 8. The van der Waals surface area contributed by atoms with E-state index in [9.17, 15) is 4.79 Å². The van der Waals surface area contributed by atoms with E-state index in [4.69, 9.17) is 4.74 Å². The maximum Gasteiger partial charge on any atom is 0.338 e. The van der Waals surface area contributed by atoms with Gasteiger partial charge in [-0.3, -0.25) is 0 Å². The average Bonchev–Trinajstić information content (AvgIpc) is 2.47. The van der Waals surface area contributed by atoms with Crippen LogP contribution in [0.25, 0.3) is 0 Å². The fraction of sp³-hybridized carbons (Fsp3) is 0.588. The molecule has 0 aliphatic heterocycles. The highest BCUT2D eigenvalue weighted by Gasteiger charge is 2.16. The number of benzene rings is 1. The van der Waals surface area contributed by atoms with Crippen molar-refractivity contribution in [1.29, 1.82) is 0 Å². The van der Waals surface area contributed by atoms with Crippen molar-refractivity contribution in [2.24, 2.45) is 5.92 Å². The number of hydrogen-bond donors (Lipinski definition) is 0. The van der Waals surface area contributed by atoms with Crippen molar-refractivity contribution in [1.82, 2.24) is 0 Å². The van der Waals surface area contributed by atoms with Gasteiger partial charge in [-0.2, -0.15) is 0 Å². The Morgan fingerprint density at radius 3 is 2.15 bits per heavy atom. The van der Waals surface area contributed by atoms with Gasteiger partial charge in [-0.25, -0.2) is 4.79 Å². The summed E-state index contributed by atoms with van der Waals surface area (Å²) < 4.78 is 6.58. The minimum atomic E-state index is -0.214. The SMILES string of the molecule is CCC(CC)CCC(CC)OC(=O)c1ccc(Br)cc1. The summed E-state index contributed by atoms with van der Waals surface area (Å²) in [6, 6.07) is 7.31. The first kappa shape index (κ1) is 17.2. The normalized spacial score (nSPS) is 12.4. The van der Waals surface area contributed by atoms with E-state index >= 15 is 0 Å². The zero-order chi connectivity index (χ0) is 15.0. The second-order valence-corrected chi connectivity index (χ2v) is 6.12. The third-order valence-electron chi connectivity index (χ3n) is 3.86. The quantitative estimate of drug-likeness (QED) is 0.575. The average molecular weight is 341 g/mol. The Balaban J connectivity index is 2.50. The van der Waals surface area contributed by atoms with E-state index in [0.717, 1.165) is 29.7 Å². The zero-order valence-electron chi connectivity index (χ0n) is 12.7. The molecule has 0 spiro atoms. The van der Waals surface area contributed by atoms with Crippen LogP contribution in [0.2, 0.25) is 0 Å². The van der Waals surface area contributed by atoms with Gasteiger partial charge in [0.15, 0.2) is 0 Å². The molecule has 1 rings (SSSR count). The third-order valence-corrected chi connectivity index (χ3v) is 4.39. The largest absolute Gasteiger partial charge is 0.459 e. The fourth-order valence-electron chi connectivity index (χ4n) is 2.27. The Hall–Kier alpha value is -0.830. The predicted molar refractivity (Wildman–Crippen MR) is 86.9 cm³/mol. The highest BCUT2D eigenvalue weighted by atomic mass is 79.9. The Morgan fingerprint density at radius 2 is 1.65 bits per heavy atom. The molecule has 0 fully saturated rings. The number of ether oxygens (including phenoxy) is 1. The van der Waals surface area contributed by atoms with Crippen LogP contribution in [-0.4, -0.2) is 12.1 Å². The van der Waals surface area contributed by atoms with Gasteiger partial charge in [-0.1, -0.05) is 49.5 Å². The Bertz CT molecular complexity index is 396. The topological polar surface area (TPSA) is 26.3 Å². The van der Waals surface area contributed by atoms with Gasteiger partial charge in [0.25, 0.3) is 0 Å². The van der Waals surface area contributed by atoms with Gasteiger partial charge in [-0.15, -0.1) is 0 Å². The summed E-state index contributed by atoms with van der Waals surface area (Å²) in [6.07, 6.45) is 5.42. The van der Waals surface area contributed by atoms with Crippen molar-refractivity contribution in [3.63, 3.8) is 0 Å². The van der Waals surface area contributed by atoms with Gasteiger partial charge in [0.2, 0.25) is 0 Å². The molecule has 0 heterocycles. The maximum atomic E-state index is 12.1. The molecular weight excluding hydrogens is 316 g/mol. The summed E-state index contributed by atoms with van der Waals surface area (Å²) in [5, 5.41) is 0. The van der Waals surface area contributed by atoms with Crippen LogP contribution in [0.4, 0.5) is 0 Å². The van der Waals surface area contributed by atoms with Gasteiger partial charge in [0.1, 0.15) is 6.10 Å². The second kappa shape index (κ2) is 9.17. The molecular formula is C17H25BrO2. The lowest BCUT2D eigenvalue weighted by Gasteiger charge is -2.19. The first-order valence-electron chi connectivity index (χ1n) is 7.57. The van der Waals surface area contributed by atoms with Gasteiger partial charge in [0, 0.05) is 4.47 Å². The predicted octanol–water partition coefficient (Wildman–Crippen LogP) is 5.60. The highest BCUT2D eigenvalue weighted by Crippen LogP contribution is 2.20. The van der Waals surface area contributed by atoms with E-state index < -0.39 is 0 Å². The molecule has 0 saturated carbocycles. The van der Waals surface area contributed by atoms with Gasteiger partial charge >= 0.3 is 5.97 Å². The molecule has 0 saturated heterocycles. The Morgan fingerprint density at radius 1 is 1.05 bits per heavy atom. The lowest BCUT2D eigenvalue weighted by atomic mass is 9.95. The van der Waals surface area contributed by atoms with E-state index in [-0.39, 0.29) is 12.1 Å². The lowest BCUT2D eigenvalue weighted by molar-refractivity contribution is 0.0257. The molecule has 1 aromatic rings. The molecule has 3 heteroatoms. The standard InChI is InChI=1S/C17H25BrO2/c1-4-13(5-2)7-12-16(6-3)20-17(19)14-8-10-15(18)11-9-14/h8-11,13,16H,4-7,12H2,1-3H3. The summed E-state index contributed by atoms with van der Waals surface area (Å²) in [4.78, 5) is 12.1. The van der Waals surface area contributed by atoms with Crippen molar-refractivity contribution in [3.8, 4) is 0 Å². The van der Waals surface area contributed by atoms with Crippen LogP contribution >= 0.6 is 15.9 Å². The minimum absolute atomic E-state index is 0.0340. The summed E-state index contributed by atoms with van der Waals surface area (Å²) in [7, 11) is 0. The molecule has 1 aromatic carbocycles. The first-order chi connectivity index (χ1) is 9.60. The van der Waals surface area contributed by atoms with Crippen LogP contribution in [0.5, 0.6) is 0 Å². The molecule has 0 amide bonds. The lowest BCUT2D eigenvalue weighted by Crippen LogP contribution is -2.18. The Kier molecular flexibility index (Phi) is 7.90. The molecule has 0 aliphatic carbocycles. The molecule has 0 N–H and O–H groups in total. The van der Waals surface area contributed by atoms with Gasteiger partial charge in [0.05, 0.1) is 5.56 Å². The molecule has 112 valence electrons. The monoisotopic (exact) mass is 340 g/mol. The van der Waals surface area contributed by atoms with Crippen LogP contribution in [0.1, 0.15) is 63.2 Å². The smallest absolute Gasteiger partial charge is 0.338 e. The van der Waals surface area contributed by atoms with Gasteiger partial charge < -0.3 is 4.74 Å². The third kappa shape index (κ3) is 5.66. The summed E-state index contributed by atoms with van der Waals surface area (Å²) in [5.41, 5.74) is 0.620. The van der Waals surface area contributed by atoms with Crippen LogP contribution in [-0.2, 0) is 4.74 Å². The van der Waals surface area contributed by atoms with Crippen LogP contribution < -0.4 is 0 Å². The molecule has 1 unspecified atom stereocenters. The van der Waals surface area contributed by atoms with Crippen molar-refractivity contribution < 1.29 is 9.53 Å². The zero-order valence-corrected chi connectivity index (χ0v) is 14.3. The molecule has 0 bridgehead atoms. The van der Waals surface area contributed by atoms with Crippen molar-refractivity contribution >= 4 is 21.9 Å². The second-order valence-electron chi connectivity index (χ2n) is 5.20.